The zero-order chi connectivity index (χ0) is 12.7. The standard InChI is InChI=1S/C12H14N2O3/c1-2-3-8-17-11(15)9-4-6-10(7-5-9)14-12(13)16/h2-7H,8H2,1H3,(H3,13,14,16)/b3-2+. The average molecular weight is 234 g/mol. The zero-order valence-corrected chi connectivity index (χ0v) is 9.47. The normalized spacial score (nSPS) is 10.2. The van der Waals surface area contributed by atoms with E-state index in [2.05, 4.69) is 5.32 Å². The minimum Gasteiger partial charge on any atom is -0.458 e. The number of carbonyl (C=O) groups is 2. The van der Waals surface area contributed by atoms with Gasteiger partial charge in [0.15, 0.2) is 0 Å². The molecule has 90 valence electrons. The lowest BCUT2D eigenvalue weighted by Gasteiger charge is -2.04. The van der Waals surface area contributed by atoms with Crippen molar-refractivity contribution in [3.8, 4) is 0 Å². The van der Waals surface area contributed by atoms with Gasteiger partial charge < -0.3 is 15.8 Å². The van der Waals surface area contributed by atoms with Crippen LogP contribution in [-0.2, 0) is 4.74 Å². The number of esters is 1. The molecule has 1 rings (SSSR count). The molecule has 17 heavy (non-hydrogen) atoms. The first-order valence-corrected chi connectivity index (χ1v) is 5.08. The molecule has 3 N–H and O–H groups in total. The van der Waals surface area contributed by atoms with Crippen LogP contribution in [0.25, 0.3) is 0 Å². The third-order valence-electron chi connectivity index (χ3n) is 1.93. The smallest absolute Gasteiger partial charge is 0.338 e. The number of rotatable bonds is 4. The monoisotopic (exact) mass is 234 g/mol. The molecule has 5 heteroatoms. The first-order valence-electron chi connectivity index (χ1n) is 5.08. The molecular formula is C12H14N2O3. The predicted molar refractivity (Wildman–Crippen MR) is 64.7 cm³/mol. The SMILES string of the molecule is C/C=C/COC(=O)c1ccc(NC(N)=O)cc1. The largest absolute Gasteiger partial charge is 0.458 e. The summed E-state index contributed by atoms with van der Waals surface area (Å²) in [5, 5.41) is 2.40. The number of amides is 2. The summed E-state index contributed by atoms with van der Waals surface area (Å²) < 4.78 is 4.95. The van der Waals surface area contributed by atoms with Crippen molar-refractivity contribution in [2.24, 2.45) is 5.73 Å². The Kier molecular flexibility index (Phi) is 4.75. The molecule has 0 saturated heterocycles. The number of hydrogen-bond acceptors (Lipinski definition) is 3. The Hall–Kier alpha value is -2.30. The van der Waals surface area contributed by atoms with E-state index in [1.807, 2.05) is 6.92 Å². The van der Waals surface area contributed by atoms with Gasteiger partial charge in [-0.2, -0.15) is 0 Å². The van der Waals surface area contributed by atoms with Crippen molar-refractivity contribution in [1.82, 2.24) is 0 Å². The Morgan fingerprint density at radius 1 is 1.35 bits per heavy atom. The highest BCUT2D eigenvalue weighted by molar-refractivity contribution is 5.91. The quantitative estimate of drug-likeness (QED) is 0.616. The number of benzene rings is 1. The Bertz CT molecular complexity index is 424. The van der Waals surface area contributed by atoms with E-state index in [9.17, 15) is 9.59 Å². The molecule has 1 aromatic rings. The van der Waals surface area contributed by atoms with Gasteiger partial charge in [0.25, 0.3) is 0 Å². The highest BCUT2D eigenvalue weighted by Crippen LogP contribution is 2.10. The van der Waals surface area contributed by atoms with E-state index in [0.717, 1.165) is 0 Å². The topological polar surface area (TPSA) is 81.4 Å². The summed E-state index contributed by atoms with van der Waals surface area (Å²) in [5.74, 6) is -0.409. The molecule has 0 spiro atoms. The maximum atomic E-state index is 11.5. The van der Waals surface area contributed by atoms with Gasteiger partial charge in [0.05, 0.1) is 5.56 Å². The van der Waals surface area contributed by atoms with Crippen molar-refractivity contribution in [2.45, 2.75) is 6.92 Å². The number of nitrogens with two attached hydrogens (primary N) is 1. The van der Waals surface area contributed by atoms with Crippen LogP contribution in [0.5, 0.6) is 0 Å². The van der Waals surface area contributed by atoms with Gasteiger partial charge in [-0.3, -0.25) is 0 Å². The number of nitrogens with one attached hydrogen (secondary N) is 1. The second kappa shape index (κ2) is 6.32. The molecule has 2 amide bonds. The number of anilines is 1. The molecule has 0 heterocycles. The molecule has 0 bridgehead atoms. The van der Waals surface area contributed by atoms with Crippen LogP contribution in [0.1, 0.15) is 17.3 Å². The Morgan fingerprint density at radius 2 is 2.00 bits per heavy atom. The molecule has 0 radical (unpaired) electrons. The molecule has 0 aliphatic rings. The van der Waals surface area contributed by atoms with Gasteiger partial charge in [-0.1, -0.05) is 12.2 Å². The second-order valence-electron chi connectivity index (χ2n) is 3.23. The molecule has 0 aliphatic carbocycles. The third kappa shape index (κ3) is 4.38. The van der Waals surface area contributed by atoms with Crippen molar-refractivity contribution in [1.29, 1.82) is 0 Å². The lowest BCUT2D eigenvalue weighted by molar-refractivity contribution is 0.0549. The van der Waals surface area contributed by atoms with Gasteiger partial charge in [-0.25, -0.2) is 9.59 Å². The molecule has 0 aliphatic heterocycles. The van der Waals surface area contributed by atoms with Gasteiger partial charge in [-0.05, 0) is 31.2 Å². The van der Waals surface area contributed by atoms with Crippen molar-refractivity contribution in [2.75, 3.05) is 11.9 Å². The summed E-state index contributed by atoms with van der Waals surface area (Å²) >= 11 is 0. The molecular weight excluding hydrogens is 220 g/mol. The molecule has 0 atom stereocenters. The van der Waals surface area contributed by atoms with E-state index in [1.165, 1.54) is 0 Å². The van der Waals surface area contributed by atoms with Gasteiger partial charge >= 0.3 is 12.0 Å². The first-order chi connectivity index (χ1) is 8.13. The van der Waals surface area contributed by atoms with Crippen LogP contribution in [0, 0.1) is 0 Å². The third-order valence-corrected chi connectivity index (χ3v) is 1.93. The van der Waals surface area contributed by atoms with Gasteiger partial charge in [0.1, 0.15) is 6.61 Å². The number of primary amides is 1. The summed E-state index contributed by atoms with van der Waals surface area (Å²) in [6, 6.07) is 5.63. The summed E-state index contributed by atoms with van der Waals surface area (Å²) in [4.78, 5) is 22.1. The van der Waals surface area contributed by atoms with Gasteiger partial charge in [-0.15, -0.1) is 0 Å². The number of ether oxygens (including phenoxy) is 1. The van der Waals surface area contributed by atoms with E-state index >= 15 is 0 Å². The molecule has 0 fully saturated rings. The Morgan fingerprint density at radius 3 is 2.53 bits per heavy atom. The maximum absolute atomic E-state index is 11.5. The van der Waals surface area contributed by atoms with Crippen LogP contribution in [0.2, 0.25) is 0 Å². The van der Waals surface area contributed by atoms with E-state index in [1.54, 1.807) is 36.4 Å². The fourth-order valence-electron chi connectivity index (χ4n) is 1.14. The minimum atomic E-state index is -0.645. The number of hydrogen-bond donors (Lipinski definition) is 2. The number of allylic oxidation sites excluding steroid dienone is 1. The van der Waals surface area contributed by atoms with Crippen LogP contribution in [-0.4, -0.2) is 18.6 Å². The van der Waals surface area contributed by atoms with E-state index in [-0.39, 0.29) is 6.61 Å². The highest BCUT2D eigenvalue weighted by Gasteiger charge is 2.06. The average Bonchev–Trinajstić information content (AvgIpc) is 2.29. The summed E-state index contributed by atoms with van der Waals surface area (Å²) in [5.41, 5.74) is 5.91. The van der Waals surface area contributed by atoms with Crippen molar-refractivity contribution in [3.05, 3.63) is 42.0 Å². The molecule has 0 unspecified atom stereocenters. The predicted octanol–water partition coefficient (Wildman–Crippen LogP) is 1.91. The fourth-order valence-corrected chi connectivity index (χ4v) is 1.14. The lowest BCUT2D eigenvalue weighted by atomic mass is 10.2. The first kappa shape index (κ1) is 12.8. The summed E-state index contributed by atoms with van der Waals surface area (Å²) in [6.07, 6.45) is 3.54. The molecule has 1 aromatic carbocycles. The zero-order valence-electron chi connectivity index (χ0n) is 9.47. The fraction of sp³-hybridized carbons (Fsp3) is 0.167. The van der Waals surface area contributed by atoms with Gasteiger partial charge in [0, 0.05) is 5.69 Å². The van der Waals surface area contributed by atoms with Gasteiger partial charge in [0.2, 0.25) is 0 Å². The van der Waals surface area contributed by atoms with Crippen LogP contribution in [0.3, 0.4) is 0 Å². The van der Waals surface area contributed by atoms with E-state index in [0.29, 0.717) is 11.3 Å². The van der Waals surface area contributed by atoms with E-state index < -0.39 is 12.0 Å². The highest BCUT2D eigenvalue weighted by atomic mass is 16.5. The Labute approximate surface area is 99.3 Å². The maximum Gasteiger partial charge on any atom is 0.338 e. The van der Waals surface area contributed by atoms with Crippen LogP contribution >= 0.6 is 0 Å². The number of urea groups is 1. The van der Waals surface area contributed by atoms with Crippen molar-refractivity contribution < 1.29 is 14.3 Å². The van der Waals surface area contributed by atoms with Crippen molar-refractivity contribution in [3.63, 3.8) is 0 Å². The molecule has 5 nitrogen and oxygen atoms in total. The van der Waals surface area contributed by atoms with Crippen LogP contribution in [0.15, 0.2) is 36.4 Å². The summed E-state index contributed by atoms with van der Waals surface area (Å²) in [7, 11) is 0. The lowest BCUT2D eigenvalue weighted by Crippen LogP contribution is -2.19. The summed E-state index contributed by atoms with van der Waals surface area (Å²) in [6.45, 7) is 2.09. The van der Waals surface area contributed by atoms with Crippen molar-refractivity contribution >= 4 is 17.7 Å². The second-order valence-corrected chi connectivity index (χ2v) is 3.23. The Balaban J connectivity index is 2.60. The minimum absolute atomic E-state index is 0.247. The van der Waals surface area contributed by atoms with Crippen LogP contribution < -0.4 is 11.1 Å². The number of carbonyl (C=O) groups excluding carboxylic acids is 2. The van der Waals surface area contributed by atoms with Crippen LogP contribution in [0.4, 0.5) is 10.5 Å². The van der Waals surface area contributed by atoms with E-state index in [4.69, 9.17) is 10.5 Å². The molecule has 0 saturated carbocycles. The molecule has 0 aromatic heterocycles.